The first-order valence-electron chi connectivity index (χ1n) is 8.16. The fourth-order valence-electron chi connectivity index (χ4n) is 2.33. The van der Waals surface area contributed by atoms with E-state index in [0.717, 1.165) is 0 Å². The van der Waals surface area contributed by atoms with E-state index in [-0.39, 0.29) is 28.6 Å². The van der Waals surface area contributed by atoms with E-state index in [2.05, 4.69) is 25.8 Å². The summed E-state index contributed by atoms with van der Waals surface area (Å²) in [6, 6.07) is 6.00. The molecule has 29 heavy (non-hydrogen) atoms. The maximum absolute atomic E-state index is 13.3. The van der Waals surface area contributed by atoms with Crippen LogP contribution in [0.3, 0.4) is 0 Å². The minimum Gasteiger partial charge on any atom is -0.497 e. The van der Waals surface area contributed by atoms with Crippen molar-refractivity contribution in [1.82, 2.24) is 20.5 Å². The minimum absolute atomic E-state index is 0.000421. The van der Waals surface area contributed by atoms with Gasteiger partial charge in [-0.3, -0.25) is 19.7 Å². The first kappa shape index (κ1) is 20.2. The third-order valence-corrected chi connectivity index (χ3v) is 4.09. The molecule has 0 aliphatic carbocycles. The molecular formula is C18H14ClF2N5O3. The molecule has 0 atom stereocenters. The van der Waals surface area contributed by atoms with Gasteiger partial charge in [-0.1, -0.05) is 11.6 Å². The number of ether oxygens (including phenoxy) is 1. The SMILES string of the molecule is COc1ccnc(CNC(=O)c2cc(NC(=O)c3cc(F)c(F)cc3Cl)n[nH]2)c1. The fraction of sp³-hybridized carbons (Fsp3) is 0.111. The predicted octanol–water partition coefficient (Wildman–Crippen LogP) is 2.93. The summed E-state index contributed by atoms with van der Waals surface area (Å²) in [7, 11) is 1.52. The van der Waals surface area contributed by atoms with Crippen molar-refractivity contribution in [2.45, 2.75) is 6.54 Å². The highest BCUT2D eigenvalue weighted by Crippen LogP contribution is 2.21. The molecule has 0 aliphatic heterocycles. The van der Waals surface area contributed by atoms with Gasteiger partial charge in [0, 0.05) is 18.3 Å². The molecule has 0 spiro atoms. The maximum Gasteiger partial charge on any atom is 0.269 e. The molecule has 150 valence electrons. The summed E-state index contributed by atoms with van der Waals surface area (Å²) in [5, 5.41) is 11.0. The van der Waals surface area contributed by atoms with Crippen molar-refractivity contribution in [2.24, 2.45) is 0 Å². The number of rotatable bonds is 6. The molecule has 2 heterocycles. The maximum atomic E-state index is 13.3. The molecule has 2 amide bonds. The van der Waals surface area contributed by atoms with Crippen LogP contribution >= 0.6 is 11.6 Å². The summed E-state index contributed by atoms with van der Waals surface area (Å²) >= 11 is 5.76. The largest absolute Gasteiger partial charge is 0.497 e. The van der Waals surface area contributed by atoms with Crippen LogP contribution in [0.5, 0.6) is 5.75 Å². The third kappa shape index (κ3) is 4.85. The van der Waals surface area contributed by atoms with E-state index in [0.29, 0.717) is 23.6 Å². The molecule has 3 aromatic rings. The van der Waals surface area contributed by atoms with Gasteiger partial charge in [0.1, 0.15) is 11.4 Å². The van der Waals surface area contributed by atoms with Gasteiger partial charge in [0.25, 0.3) is 11.8 Å². The number of H-pyrrole nitrogens is 1. The van der Waals surface area contributed by atoms with Crippen LogP contribution in [-0.2, 0) is 6.54 Å². The van der Waals surface area contributed by atoms with E-state index in [4.69, 9.17) is 16.3 Å². The number of halogens is 3. The number of amides is 2. The molecule has 0 unspecified atom stereocenters. The lowest BCUT2D eigenvalue weighted by Gasteiger charge is -2.05. The average molecular weight is 422 g/mol. The van der Waals surface area contributed by atoms with Gasteiger partial charge in [-0.15, -0.1) is 0 Å². The van der Waals surface area contributed by atoms with Gasteiger partial charge >= 0.3 is 0 Å². The number of anilines is 1. The van der Waals surface area contributed by atoms with E-state index in [9.17, 15) is 18.4 Å². The molecule has 3 rings (SSSR count). The summed E-state index contributed by atoms with van der Waals surface area (Å²) in [4.78, 5) is 28.5. The third-order valence-electron chi connectivity index (χ3n) is 3.77. The highest BCUT2D eigenvalue weighted by Gasteiger charge is 2.17. The molecule has 0 radical (unpaired) electrons. The number of carbonyl (C=O) groups excluding carboxylic acids is 2. The molecule has 8 nitrogen and oxygen atoms in total. The number of nitrogens with zero attached hydrogens (tertiary/aromatic N) is 2. The second kappa shape index (κ2) is 8.65. The number of hydrogen-bond acceptors (Lipinski definition) is 5. The van der Waals surface area contributed by atoms with Gasteiger partial charge in [-0.25, -0.2) is 8.78 Å². The van der Waals surface area contributed by atoms with E-state index >= 15 is 0 Å². The molecular weight excluding hydrogens is 408 g/mol. The quantitative estimate of drug-likeness (QED) is 0.530. The van der Waals surface area contributed by atoms with Crippen LogP contribution in [0, 0.1) is 11.6 Å². The Morgan fingerprint density at radius 2 is 1.93 bits per heavy atom. The summed E-state index contributed by atoms with van der Waals surface area (Å²) < 4.78 is 31.5. The predicted molar refractivity (Wildman–Crippen MR) is 99.9 cm³/mol. The highest BCUT2D eigenvalue weighted by atomic mass is 35.5. The normalized spacial score (nSPS) is 10.5. The Morgan fingerprint density at radius 1 is 1.17 bits per heavy atom. The molecule has 2 aromatic heterocycles. The average Bonchev–Trinajstić information content (AvgIpc) is 3.17. The van der Waals surface area contributed by atoms with E-state index in [1.807, 2.05) is 0 Å². The van der Waals surface area contributed by atoms with Gasteiger partial charge in [-0.05, 0) is 18.2 Å². The van der Waals surface area contributed by atoms with Gasteiger partial charge < -0.3 is 15.4 Å². The van der Waals surface area contributed by atoms with Crippen molar-refractivity contribution in [3.63, 3.8) is 0 Å². The molecule has 0 saturated carbocycles. The van der Waals surface area contributed by atoms with Gasteiger partial charge in [0.2, 0.25) is 0 Å². The van der Waals surface area contributed by atoms with Crippen LogP contribution in [0.15, 0.2) is 36.5 Å². The van der Waals surface area contributed by atoms with Crippen molar-refractivity contribution in [2.75, 3.05) is 12.4 Å². The summed E-state index contributed by atoms with van der Waals surface area (Å²) in [6.07, 6.45) is 1.55. The Kier molecular flexibility index (Phi) is 6.03. The molecule has 0 fully saturated rings. The van der Waals surface area contributed by atoms with Crippen molar-refractivity contribution in [1.29, 1.82) is 0 Å². The molecule has 0 saturated heterocycles. The zero-order valence-electron chi connectivity index (χ0n) is 14.9. The zero-order valence-corrected chi connectivity index (χ0v) is 15.7. The van der Waals surface area contributed by atoms with Gasteiger partial charge in [-0.2, -0.15) is 5.10 Å². The Labute approximate surface area is 168 Å². The smallest absolute Gasteiger partial charge is 0.269 e. The van der Waals surface area contributed by atoms with Crippen LogP contribution in [0.1, 0.15) is 26.5 Å². The Bertz CT molecular complexity index is 1070. The fourth-order valence-corrected chi connectivity index (χ4v) is 2.56. The zero-order chi connectivity index (χ0) is 21.0. The summed E-state index contributed by atoms with van der Waals surface area (Å²) in [5.41, 5.74) is 0.377. The summed E-state index contributed by atoms with van der Waals surface area (Å²) in [5.74, 6) is -3.09. The monoisotopic (exact) mass is 421 g/mol. The van der Waals surface area contributed by atoms with Crippen LogP contribution in [0.25, 0.3) is 0 Å². The molecule has 0 aliphatic rings. The van der Waals surface area contributed by atoms with Crippen LogP contribution in [-0.4, -0.2) is 34.1 Å². The molecule has 1 aromatic carbocycles. The minimum atomic E-state index is -1.22. The van der Waals surface area contributed by atoms with Crippen molar-refractivity contribution in [3.8, 4) is 5.75 Å². The Balaban J connectivity index is 1.63. The van der Waals surface area contributed by atoms with Crippen LogP contribution in [0.2, 0.25) is 5.02 Å². The topological polar surface area (TPSA) is 109 Å². The second-order valence-electron chi connectivity index (χ2n) is 5.74. The lowest BCUT2D eigenvalue weighted by atomic mass is 10.2. The number of benzene rings is 1. The number of nitrogens with one attached hydrogen (secondary N) is 3. The van der Waals surface area contributed by atoms with E-state index < -0.39 is 23.4 Å². The molecule has 3 N–H and O–H groups in total. The van der Waals surface area contributed by atoms with E-state index in [1.165, 1.54) is 13.2 Å². The number of pyridine rings is 1. The van der Waals surface area contributed by atoms with Crippen molar-refractivity contribution in [3.05, 3.63) is 70.1 Å². The number of hydrogen-bond donors (Lipinski definition) is 3. The van der Waals surface area contributed by atoms with Gasteiger partial charge in [0.15, 0.2) is 17.5 Å². The first-order chi connectivity index (χ1) is 13.9. The number of aromatic amines is 1. The van der Waals surface area contributed by atoms with Gasteiger partial charge in [0.05, 0.1) is 29.9 Å². The number of carbonyl (C=O) groups is 2. The van der Waals surface area contributed by atoms with Crippen LogP contribution in [0.4, 0.5) is 14.6 Å². The van der Waals surface area contributed by atoms with Crippen molar-refractivity contribution >= 4 is 29.2 Å². The first-order valence-corrected chi connectivity index (χ1v) is 8.53. The Morgan fingerprint density at radius 3 is 2.69 bits per heavy atom. The lowest BCUT2D eigenvalue weighted by molar-refractivity contribution is 0.0944. The molecule has 0 bridgehead atoms. The lowest BCUT2D eigenvalue weighted by Crippen LogP contribution is -2.23. The number of aromatic nitrogens is 3. The molecule has 11 heteroatoms. The Hall–Kier alpha value is -3.53. The van der Waals surface area contributed by atoms with Crippen molar-refractivity contribution < 1.29 is 23.1 Å². The highest BCUT2D eigenvalue weighted by molar-refractivity contribution is 6.34. The number of methoxy groups -OCH3 is 1. The second-order valence-corrected chi connectivity index (χ2v) is 6.14. The standard InChI is InChI=1S/C18H14ClF2N5O3/c1-29-10-2-3-22-9(4-10)8-23-18(28)15-7-16(26-25-15)24-17(27)11-5-13(20)14(21)6-12(11)19/h2-7H,8H2,1H3,(H,23,28)(H2,24,25,26,27). The summed E-state index contributed by atoms with van der Waals surface area (Å²) in [6.45, 7) is 0.140. The van der Waals surface area contributed by atoms with E-state index in [1.54, 1.807) is 18.3 Å². The van der Waals surface area contributed by atoms with Crippen LogP contribution < -0.4 is 15.4 Å².